The summed E-state index contributed by atoms with van der Waals surface area (Å²) in [4.78, 5) is 8.90. The number of alkyl halides is 3. The average molecular weight is 294 g/mol. The second-order valence-corrected chi connectivity index (χ2v) is 4.37. The van der Waals surface area contributed by atoms with E-state index in [4.69, 9.17) is 9.90 Å². The van der Waals surface area contributed by atoms with E-state index in [1.165, 1.54) is 12.8 Å². The maximum atomic E-state index is 10.6. The van der Waals surface area contributed by atoms with Gasteiger partial charge in [-0.15, -0.1) is 0 Å². The minimum atomic E-state index is -5.08. The van der Waals surface area contributed by atoms with Crippen LogP contribution >= 0.6 is 0 Å². The fourth-order valence-corrected chi connectivity index (χ4v) is 1.70. The van der Waals surface area contributed by atoms with Gasteiger partial charge in [0.25, 0.3) is 0 Å². The second kappa shape index (κ2) is 7.13. The van der Waals surface area contributed by atoms with E-state index in [1.807, 2.05) is 24.1 Å². The second-order valence-electron chi connectivity index (χ2n) is 4.37. The SMILES string of the molecule is Cn1cc(NC2CCNCC2)cn1.O=C(O)C(F)(F)F. The molecule has 0 bridgehead atoms. The molecule has 0 unspecified atom stereocenters. The van der Waals surface area contributed by atoms with Gasteiger partial charge in [-0.1, -0.05) is 0 Å². The summed E-state index contributed by atoms with van der Waals surface area (Å²) in [6.07, 6.45) is 1.22. The van der Waals surface area contributed by atoms with Crippen molar-refractivity contribution >= 4 is 11.7 Å². The number of carbonyl (C=O) groups is 1. The third-order valence-corrected chi connectivity index (χ3v) is 2.66. The Labute approximate surface area is 114 Å². The third-order valence-electron chi connectivity index (χ3n) is 2.66. The number of nitrogens with zero attached hydrogens (tertiary/aromatic N) is 2. The Bertz CT molecular complexity index is 428. The zero-order valence-corrected chi connectivity index (χ0v) is 10.9. The van der Waals surface area contributed by atoms with Crippen LogP contribution in [0.2, 0.25) is 0 Å². The smallest absolute Gasteiger partial charge is 0.475 e. The molecule has 0 aliphatic carbocycles. The van der Waals surface area contributed by atoms with Gasteiger partial charge in [-0.2, -0.15) is 18.3 Å². The number of hydrogen-bond donors (Lipinski definition) is 3. The molecule has 3 N–H and O–H groups in total. The van der Waals surface area contributed by atoms with Crippen molar-refractivity contribution in [3.63, 3.8) is 0 Å². The molecule has 0 spiro atoms. The van der Waals surface area contributed by atoms with E-state index in [2.05, 4.69) is 15.7 Å². The van der Waals surface area contributed by atoms with Gasteiger partial charge >= 0.3 is 12.1 Å². The van der Waals surface area contributed by atoms with Crippen LogP contribution in [0.5, 0.6) is 0 Å². The number of halogens is 3. The molecule has 1 aromatic rings. The Morgan fingerprint density at radius 1 is 1.50 bits per heavy atom. The van der Waals surface area contributed by atoms with Crippen LogP contribution in [0.25, 0.3) is 0 Å². The lowest BCUT2D eigenvalue weighted by molar-refractivity contribution is -0.192. The molecule has 0 saturated carbocycles. The minimum absolute atomic E-state index is 0.616. The molecule has 2 rings (SSSR count). The molecule has 1 saturated heterocycles. The molecule has 114 valence electrons. The van der Waals surface area contributed by atoms with Crippen LogP contribution < -0.4 is 10.6 Å². The number of carboxylic acids is 1. The fraction of sp³-hybridized carbons (Fsp3) is 0.636. The molecule has 0 radical (unpaired) electrons. The molecule has 20 heavy (non-hydrogen) atoms. The van der Waals surface area contributed by atoms with Crippen molar-refractivity contribution in [3.8, 4) is 0 Å². The first-order valence-corrected chi connectivity index (χ1v) is 6.05. The number of carboxylic acid groups (broad SMARTS) is 1. The summed E-state index contributed by atoms with van der Waals surface area (Å²) in [6, 6.07) is 0.616. The lowest BCUT2D eigenvalue weighted by Crippen LogP contribution is -2.35. The van der Waals surface area contributed by atoms with Crippen molar-refractivity contribution in [2.45, 2.75) is 25.1 Å². The lowest BCUT2D eigenvalue weighted by atomic mass is 10.1. The predicted molar refractivity (Wildman–Crippen MR) is 66.4 cm³/mol. The molecular weight excluding hydrogens is 277 g/mol. The molecule has 1 aliphatic heterocycles. The highest BCUT2D eigenvalue weighted by Gasteiger charge is 2.38. The first-order valence-electron chi connectivity index (χ1n) is 6.05. The summed E-state index contributed by atoms with van der Waals surface area (Å²) in [5.74, 6) is -2.76. The monoisotopic (exact) mass is 294 g/mol. The van der Waals surface area contributed by atoms with Crippen LogP contribution in [0.4, 0.5) is 18.9 Å². The molecular formula is C11H17F3N4O2. The van der Waals surface area contributed by atoms with Gasteiger partial charge in [-0.3, -0.25) is 4.68 Å². The molecule has 2 heterocycles. The Morgan fingerprint density at radius 3 is 2.45 bits per heavy atom. The molecule has 6 nitrogen and oxygen atoms in total. The average Bonchev–Trinajstić information content (AvgIpc) is 2.75. The number of aryl methyl sites for hydroxylation is 1. The maximum Gasteiger partial charge on any atom is 0.490 e. The molecule has 0 atom stereocenters. The van der Waals surface area contributed by atoms with Crippen molar-refractivity contribution in [2.24, 2.45) is 7.05 Å². The molecule has 1 aliphatic rings. The van der Waals surface area contributed by atoms with Gasteiger partial charge in [0.05, 0.1) is 11.9 Å². The van der Waals surface area contributed by atoms with Crippen LogP contribution in [0, 0.1) is 0 Å². The van der Waals surface area contributed by atoms with Gasteiger partial charge < -0.3 is 15.7 Å². The maximum absolute atomic E-state index is 10.6. The van der Waals surface area contributed by atoms with Gasteiger partial charge in [0.15, 0.2) is 0 Å². The Kier molecular flexibility index (Phi) is 5.81. The standard InChI is InChI=1S/C9H16N4.C2HF3O2/c1-13-7-9(6-11-13)12-8-2-4-10-5-3-8;3-2(4,5)1(6)7/h6-8,10,12H,2-5H2,1H3;(H,6,7). The van der Waals surface area contributed by atoms with Crippen molar-refractivity contribution < 1.29 is 23.1 Å². The van der Waals surface area contributed by atoms with Gasteiger partial charge in [-0.25, -0.2) is 4.79 Å². The molecule has 1 fully saturated rings. The highest BCUT2D eigenvalue weighted by Crippen LogP contribution is 2.13. The highest BCUT2D eigenvalue weighted by atomic mass is 19.4. The molecule has 1 aromatic heterocycles. The summed E-state index contributed by atoms with van der Waals surface area (Å²) in [5.41, 5.74) is 1.13. The van der Waals surface area contributed by atoms with Crippen LogP contribution in [-0.2, 0) is 11.8 Å². The Morgan fingerprint density at radius 2 is 2.05 bits per heavy atom. The summed E-state index contributed by atoms with van der Waals surface area (Å²) >= 11 is 0. The summed E-state index contributed by atoms with van der Waals surface area (Å²) in [5, 5.41) is 18.1. The van der Waals surface area contributed by atoms with Crippen molar-refractivity contribution in [3.05, 3.63) is 12.4 Å². The molecule has 0 amide bonds. The van der Waals surface area contributed by atoms with Crippen LogP contribution in [0.15, 0.2) is 12.4 Å². The predicted octanol–water partition coefficient (Wildman–Crippen LogP) is 1.22. The summed E-state index contributed by atoms with van der Waals surface area (Å²) < 4.78 is 33.6. The first kappa shape index (κ1) is 16.3. The third kappa shape index (κ3) is 5.91. The van der Waals surface area contributed by atoms with Crippen molar-refractivity contribution in [1.82, 2.24) is 15.1 Å². The fourth-order valence-electron chi connectivity index (χ4n) is 1.70. The van der Waals surface area contributed by atoms with Gasteiger partial charge in [0.1, 0.15) is 0 Å². The van der Waals surface area contributed by atoms with Crippen LogP contribution in [0.3, 0.4) is 0 Å². The van der Waals surface area contributed by atoms with E-state index in [0.717, 1.165) is 18.8 Å². The van der Waals surface area contributed by atoms with E-state index >= 15 is 0 Å². The van der Waals surface area contributed by atoms with Crippen molar-refractivity contribution in [2.75, 3.05) is 18.4 Å². The van der Waals surface area contributed by atoms with E-state index < -0.39 is 12.1 Å². The van der Waals surface area contributed by atoms with Gasteiger partial charge in [0.2, 0.25) is 0 Å². The Balaban J connectivity index is 0.000000246. The highest BCUT2D eigenvalue weighted by molar-refractivity contribution is 5.73. The number of aliphatic carboxylic acids is 1. The van der Waals surface area contributed by atoms with E-state index in [9.17, 15) is 13.2 Å². The number of nitrogens with one attached hydrogen (secondary N) is 2. The first-order chi connectivity index (χ1) is 9.29. The summed E-state index contributed by atoms with van der Waals surface area (Å²) in [6.45, 7) is 2.25. The number of aromatic nitrogens is 2. The van der Waals surface area contributed by atoms with Crippen LogP contribution in [-0.4, -0.2) is 46.2 Å². The summed E-state index contributed by atoms with van der Waals surface area (Å²) in [7, 11) is 1.94. The molecule has 0 aromatic carbocycles. The zero-order valence-electron chi connectivity index (χ0n) is 10.9. The number of anilines is 1. The number of piperidine rings is 1. The topological polar surface area (TPSA) is 79.2 Å². The largest absolute Gasteiger partial charge is 0.490 e. The zero-order chi connectivity index (χ0) is 15.2. The number of rotatable bonds is 2. The lowest BCUT2D eigenvalue weighted by Gasteiger charge is -2.23. The van der Waals surface area contributed by atoms with Crippen molar-refractivity contribution in [1.29, 1.82) is 0 Å². The van der Waals surface area contributed by atoms with E-state index in [0.29, 0.717) is 6.04 Å². The Hall–Kier alpha value is -1.77. The van der Waals surface area contributed by atoms with Gasteiger partial charge in [0, 0.05) is 19.3 Å². The quantitative estimate of drug-likeness (QED) is 0.764. The van der Waals surface area contributed by atoms with Crippen LogP contribution in [0.1, 0.15) is 12.8 Å². The molecule has 9 heteroatoms. The van der Waals surface area contributed by atoms with E-state index in [-0.39, 0.29) is 0 Å². The normalized spacial score (nSPS) is 16.2. The van der Waals surface area contributed by atoms with E-state index in [1.54, 1.807) is 0 Å². The van der Waals surface area contributed by atoms with Gasteiger partial charge in [-0.05, 0) is 25.9 Å². The number of hydrogen-bond acceptors (Lipinski definition) is 4. The minimum Gasteiger partial charge on any atom is -0.475 e.